The molecule has 2 N–H and O–H groups in total. The number of hydrogen-bond donors (Lipinski definition) is 2. The summed E-state index contributed by atoms with van der Waals surface area (Å²) in [6.45, 7) is 2.90. The van der Waals surface area contributed by atoms with E-state index in [0.717, 1.165) is 11.8 Å². The van der Waals surface area contributed by atoms with Crippen LogP contribution in [0.3, 0.4) is 0 Å². The Morgan fingerprint density at radius 2 is 2.03 bits per heavy atom. The maximum atomic E-state index is 13.9. The molecule has 1 heterocycles. The van der Waals surface area contributed by atoms with Crippen molar-refractivity contribution in [1.82, 2.24) is 10.6 Å². The number of guanidine groups is 1. The van der Waals surface area contributed by atoms with E-state index in [9.17, 15) is 13.6 Å². The first-order chi connectivity index (χ1) is 14.0. The van der Waals surface area contributed by atoms with Crippen molar-refractivity contribution in [2.45, 2.75) is 19.4 Å². The Hall–Kier alpha value is -2.43. The second kappa shape index (κ2) is 11.1. The number of hydrogen-bond acceptors (Lipinski definition) is 3. The molecule has 0 aromatic heterocycles. The van der Waals surface area contributed by atoms with Crippen LogP contribution in [0.5, 0.6) is 5.75 Å². The van der Waals surface area contributed by atoms with Crippen LogP contribution in [-0.4, -0.2) is 38.6 Å². The minimum absolute atomic E-state index is 0. The molecule has 0 radical (unpaired) electrons. The van der Waals surface area contributed by atoms with Crippen molar-refractivity contribution in [1.29, 1.82) is 0 Å². The van der Waals surface area contributed by atoms with Crippen molar-refractivity contribution in [3.05, 3.63) is 59.7 Å². The van der Waals surface area contributed by atoms with Gasteiger partial charge < -0.3 is 20.3 Å². The zero-order valence-corrected chi connectivity index (χ0v) is 19.2. The van der Waals surface area contributed by atoms with E-state index in [2.05, 4.69) is 15.6 Å². The van der Waals surface area contributed by atoms with Crippen LogP contribution in [0.2, 0.25) is 0 Å². The topological polar surface area (TPSA) is 66.0 Å². The fourth-order valence-electron chi connectivity index (χ4n) is 3.17. The third-order valence-electron chi connectivity index (χ3n) is 4.67. The van der Waals surface area contributed by atoms with Gasteiger partial charge in [-0.15, -0.1) is 24.0 Å². The van der Waals surface area contributed by atoms with Crippen LogP contribution >= 0.6 is 24.0 Å². The first-order valence-electron chi connectivity index (χ1n) is 9.44. The number of anilines is 1. The van der Waals surface area contributed by atoms with E-state index in [1.807, 2.05) is 24.3 Å². The van der Waals surface area contributed by atoms with Gasteiger partial charge in [0.05, 0.1) is 11.7 Å². The molecule has 1 atom stereocenters. The zero-order chi connectivity index (χ0) is 20.8. The molecule has 1 unspecified atom stereocenters. The molecule has 0 saturated carbocycles. The summed E-state index contributed by atoms with van der Waals surface area (Å²) in [5.74, 6) is -0.0978. The van der Waals surface area contributed by atoms with Crippen LogP contribution in [0.1, 0.15) is 24.9 Å². The third kappa shape index (κ3) is 5.80. The van der Waals surface area contributed by atoms with E-state index in [4.69, 9.17) is 4.74 Å². The van der Waals surface area contributed by atoms with Crippen molar-refractivity contribution in [3.8, 4) is 5.75 Å². The summed E-state index contributed by atoms with van der Waals surface area (Å²) in [6.07, 6.45) is 0.681. The predicted octanol–water partition coefficient (Wildman–Crippen LogP) is 3.62. The Balaban J connectivity index is 0.00000320. The highest BCUT2D eigenvalue weighted by molar-refractivity contribution is 14.0. The molecule has 3 rings (SSSR count). The molecule has 0 fully saturated rings. The smallest absolute Gasteiger partial charge is 0.265 e. The van der Waals surface area contributed by atoms with Crippen LogP contribution in [0.15, 0.2) is 47.5 Å². The normalized spacial score (nSPS) is 14.3. The summed E-state index contributed by atoms with van der Waals surface area (Å²) in [6, 6.07) is 10.5. The van der Waals surface area contributed by atoms with Gasteiger partial charge in [0.2, 0.25) is 0 Å². The molecule has 0 spiro atoms. The predicted molar refractivity (Wildman–Crippen MR) is 124 cm³/mol. The van der Waals surface area contributed by atoms with Gasteiger partial charge in [0.1, 0.15) is 17.4 Å². The second-order valence-electron chi connectivity index (χ2n) is 6.69. The molecule has 2 aromatic rings. The zero-order valence-electron chi connectivity index (χ0n) is 16.8. The number of carbonyl (C=O) groups excluding carboxylic acids is 1. The standard InChI is InChI=1S/C21H24F2N4O2.HI/c1-14(16-9-8-15(22)12-17(16)23)26-21(24-2)25-10-5-11-27-18-6-3-4-7-19(18)29-13-20(27)28;/h3-4,6-9,12,14H,5,10-11,13H2,1-2H3,(H2,24,25,26);1H. The molecule has 6 nitrogen and oxygen atoms in total. The quantitative estimate of drug-likeness (QED) is 0.259. The molecule has 1 aliphatic rings. The van der Waals surface area contributed by atoms with Gasteiger partial charge in [-0.3, -0.25) is 9.79 Å². The second-order valence-corrected chi connectivity index (χ2v) is 6.69. The third-order valence-corrected chi connectivity index (χ3v) is 4.67. The number of para-hydroxylation sites is 2. The number of fused-ring (bicyclic) bond motifs is 1. The first-order valence-corrected chi connectivity index (χ1v) is 9.44. The summed E-state index contributed by atoms with van der Waals surface area (Å²) >= 11 is 0. The summed E-state index contributed by atoms with van der Waals surface area (Å²) in [5, 5.41) is 6.23. The van der Waals surface area contributed by atoms with E-state index in [1.165, 1.54) is 12.1 Å². The van der Waals surface area contributed by atoms with Crippen LogP contribution in [-0.2, 0) is 4.79 Å². The summed E-state index contributed by atoms with van der Waals surface area (Å²) in [7, 11) is 1.62. The fourth-order valence-corrected chi connectivity index (χ4v) is 3.17. The minimum atomic E-state index is -0.611. The van der Waals surface area contributed by atoms with Crippen LogP contribution in [0.4, 0.5) is 14.5 Å². The molecule has 2 aromatic carbocycles. The number of aliphatic imine (C=N–C) groups is 1. The van der Waals surface area contributed by atoms with Gasteiger partial charge in [-0.2, -0.15) is 0 Å². The van der Waals surface area contributed by atoms with Crippen molar-refractivity contribution < 1.29 is 18.3 Å². The average Bonchev–Trinajstić information content (AvgIpc) is 2.71. The maximum absolute atomic E-state index is 13.9. The van der Waals surface area contributed by atoms with Crippen LogP contribution in [0, 0.1) is 11.6 Å². The molecule has 162 valence electrons. The van der Waals surface area contributed by atoms with E-state index >= 15 is 0 Å². The number of nitrogens with zero attached hydrogens (tertiary/aromatic N) is 2. The Kier molecular flexibility index (Phi) is 8.82. The molecule has 30 heavy (non-hydrogen) atoms. The Morgan fingerprint density at radius 1 is 1.27 bits per heavy atom. The number of carbonyl (C=O) groups is 1. The lowest BCUT2D eigenvalue weighted by atomic mass is 10.1. The van der Waals surface area contributed by atoms with Gasteiger partial charge in [-0.25, -0.2) is 8.78 Å². The lowest BCUT2D eigenvalue weighted by molar-refractivity contribution is -0.121. The molecule has 0 aliphatic carbocycles. The lowest BCUT2D eigenvalue weighted by Gasteiger charge is -2.29. The van der Waals surface area contributed by atoms with Crippen LogP contribution in [0.25, 0.3) is 0 Å². The molecule has 0 saturated heterocycles. The Morgan fingerprint density at radius 3 is 2.77 bits per heavy atom. The molecule has 9 heteroatoms. The van der Waals surface area contributed by atoms with E-state index in [-0.39, 0.29) is 36.5 Å². The minimum Gasteiger partial charge on any atom is -0.482 e. The number of ether oxygens (including phenoxy) is 1. The molecule has 1 amide bonds. The molecular weight excluding hydrogens is 505 g/mol. The van der Waals surface area contributed by atoms with Gasteiger partial charge in [0.15, 0.2) is 12.6 Å². The Bertz CT molecular complexity index is 910. The fraction of sp³-hybridized carbons (Fsp3) is 0.333. The summed E-state index contributed by atoms with van der Waals surface area (Å²) in [5.41, 5.74) is 1.12. The number of nitrogens with one attached hydrogen (secondary N) is 2. The van der Waals surface area contributed by atoms with Crippen molar-refractivity contribution in [3.63, 3.8) is 0 Å². The molecule has 0 bridgehead atoms. The SMILES string of the molecule is CN=C(NCCCN1C(=O)COc2ccccc21)NC(C)c1ccc(F)cc1F.I. The van der Waals surface area contributed by atoms with Gasteiger partial charge in [-0.05, 0) is 31.5 Å². The molecular formula is C21H25F2IN4O2. The monoisotopic (exact) mass is 530 g/mol. The summed E-state index contributed by atoms with van der Waals surface area (Å²) in [4.78, 5) is 18.0. The number of rotatable bonds is 6. The highest BCUT2D eigenvalue weighted by Gasteiger charge is 2.24. The highest BCUT2D eigenvalue weighted by atomic mass is 127. The number of amides is 1. The molecule has 1 aliphatic heterocycles. The average molecular weight is 530 g/mol. The summed E-state index contributed by atoms with van der Waals surface area (Å²) < 4.78 is 32.5. The van der Waals surface area contributed by atoms with E-state index in [1.54, 1.807) is 18.9 Å². The maximum Gasteiger partial charge on any atom is 0.265 e. The van der Waals surface area contributed by atoms with Gasteiger partial charge in [0, 0.05) is 31.8 Å². The largest absolute Gasteiger partial charge is 0.482 e. The van der Waals surface area contributed by atoms with E-state index < -0.39 is 17.7 Å². The van der Waals surface area contributed by atoms with Crippen molar-refractivity contribution >= 4 is 41.5 Å². The van der Waals surface area contributed by atoms with Crippen molar-refractivity contribution in [2.24, 2.45) is 4.99 Å². The van der Waals surface area contributed by atoms with Crippen LogP contribution < -0.4 is 20.3 Å². The first kappa shape index (κ1) is 23.8. The number of halogens is 3. The van der Waals surface area contributed by atoms with E-state index in [0.29, 0.717) is 36.8 Å². The Labute approximate surface area is 191 Å². The van der Waals surface area contributed by atoms with Gasteiger partial charge in [-0.1, -0.05) is 18.2 Å². The lowest BCUT2D eigenvalue weighted by Crippen LogP contribution is -2.42. The highest BCUT2D eigenvalue weighted by Crippen LogP contribution is 2.31. The van der Waals surface area contributed by atoms with Gasteiger partial charge >= 0.3 is 0 Å². The van der Waals surface area contributed by atoms with Gasteiger partial charge in [0.25, 0.3) is 5.91 Å². The van der Waals surface area contributed by atoms with Crippen molar-refractivity contribution in [2.75, 3.05) is 31.6 Å². The number of benzene rings is 2.